The first-order chi connectivity index (χ1) is 9.45. The van der Waals surface area contributed by atoms with Crippen LogP contribution in [0.1, 0.15) is 33.1 Å². The van der Waals surface area contributed by atoms with Gasteiger partial charge in [-0.3, -0.25) is 4.79 Å². The number of carboxylic acid groups (broad SMARTS) is 1. The van der Waals surface area contributed by atoms with Gasteiger partial charge in [0.15, 0.2) is 0 Å². The zero-order chi connectivity index (χ0) is 15.1. The third-order valence-electron chi connectivity index (χ3n) is 4.14. The topological polar surface area (TPSA) is 72.9 Å². The van der Waals surface area contributed by atoms with Crippen LogP contribution in [0.15, 0.2) is 0 Å². The zero-order valence-corrected chi connectivity index (χ0v) is 12.8. The molecule has 1 aliphatic heterocycles. The summed E-state index contributed by atoms with van der Waals surface area (Å²) in [5.74, 6) is -1.23. The average Bonchev–Trinajstić information content (AvgIpc) is 2.46. The van der Waals surface area contributed by atoms with Crippen LogP contribution in [0.5, 0.6) is 0 Å². The second-order valence-electron chi connectivity index (χ2n) is 5.59. The number of hydrogen-bond acceptors (Lipinski definition) is 3. The monoisotopic (exact) mass is 285 g/mol. The molecular formula is C14H27N3O3. The maximum Gasteiger partial charge on any atom is 0.317 e. The lowest BCUT2D eigenvalue weighted by molar-refractivity contribution is -0.143. The Labute approximate surface area is 121 Å². The summed E-state index contributed by atoms with van der Waals surface area (Å²) in [6, 6.07) is 0.354. The molecule has 0 aromatic rings. The number of rotatable bonds is 6. The van der Waals surface area contributed by atoms with E-state index in [2.05, 4.69) is 24.1 Å². The number of piperidine rings is 1. The second-order valence-corrected chi connectivity index (χ2v) is 5.59. The molecule has 116 valence electrons. The SMILES string of the molecule is CCC(C)N(C)CCNC(=O)N1CCCC(C(=O)O)C1. The van der Waals surface area contributed by atoms with E-state index in [1.165, 1.54) is 0 Å². The van der Waals surface area contributed by atoms with Crippen molar-refractivity contribution in [3.63, 3.8) is 0 Å². The molecule has 1 aliphatic rings. The van der Waals surface area contributed by atoms with Crippen molar-refractivity contribution in [2.45, 2.75) is 39.2 Å². The van der Waals surface area contributed by atoms with E-state index in [9.17, 15) is 9.59 Å². The molecule has 2 N–H and O–H groups in total. The molecule has 2 amide bonds. The van der Waals surface area contributed by atoms with Crippen LogP contribution in [-0.4, -0.2) is 66.2 Å². The Hall–Kier alpha value is -1.30. The Balaban J connectivity index is 2.30. The van der Waals surface area contributed by atoms with Crippen LogP contribution in [0.25, 0.3) is 0 Å². The van der Waals surface area contributed by atoms with Crippen molar-refractivity contribution in [1.29, 1.82) is 0 Å². The summed E-state index contributed by atoms with van der Waals surface area (Å²) in [5.41, 5.74) is 0. The van der Waals surface area contributed by atoms with E-state index in [0.29, 0.717) is 32.1 Å². The summed E-state index contributed by atoms with van der Waals surface area (Å²) in [5, 5.41) is 11.9. The second kappa shape index (κ2) is 8.09. The van der Waals surface area contributed by atoms with Crippen molar-refractivity contribution >= 4 is 12.0 Å². The summed E-state index contributed by atoms with van der Waals surface area (Å²) < 4.78 is 0. The van der Waals surface area contributed by atoms with E-state index in [1.807, 2.05) is 7.05 Å². The van der Waals surface area contributed by atoms with E-state index >= 15 is 0 Å². The fraction of sp³-hybridized carbons (Fsp3) is 0.857. The highest BCUT2D eigenvalue weighted by Gasteiger charge is 2.27. The van der Waals surface area contributed by atoms with Crippen LogP contribution in [-0.2, 0) is 4.79 Å². The van der Waals surface area contributed by atoms with E-state index < -0.39 is 11.9 Å². The van der Waals surface area contributed by atoms with Crippen LogP contribution in [0.2, 0.25) is 0 Å². The number of carbonyl (C=O) groups is 2. The van der Waals surface area contributed by atoms with Gasteiger partial charge in [0.1, 0.15) is 0 Å². The van der Waals surface area contributed by atoms with Crippen LogP contribution in [0.4, 0.5) is 4.79 Å². The first kappa shape index (κ1) is 16.8. The van der Waals surface area contributed by atoms with Crippen LogP contribution in [0, 0.1) is 5.92 Å². The minimum atomic E-state index is -0.806. The Morgan fingerprint density at radius 3 is 2.80 bits per heavy atom. The Kier molecular flexibility index (Phi) is 6.78. The lowest BCUT2D eigenvalue weighted by Crippen LogP contribution is -2.48. The molecule has 1 rings (SSSR count). The Morgan fingerprint density at radius 1 is 1.50 bits per heavy atom. The van der Waals surface area contributed by atoms with E-state index in [0.717, 1.165) is 19.4 Å². The van der Waals surface area contributed by atoms with Gasteiger partial charge in [-0.05, 0) is 33.2 Å². The van der Waals surface area contributed by atoms with Crippen molar-refractivity contribution in [1.82, 2.24) is 15.1 Å². The number of urea groups is 1. The van der Waals surface area contributed by atoms with Gasteiger partial charge in [-0.2, -0.15) is 0 Å². The van der Waals surface area contributed by atoms with Gasteiger partial charge in [-0.25, -0.2) is 4.79 Å². The molecule has 0 aromatic heterocycles. The summed E-state index contributed by atoms with van der Waals surface area (Å²) in [4.78, 5) is 26.8. The molecule has 6 heteroatoms. The van der Waals surface area contributed by atoms with Gasteiger partial charge in [-0.15, -0.1) is 0 Å². The molecule has 2 atom stereocenters. The Bertz CT molecular complexity index is 336. The summed E-state index contributed by atoms with van der Waals surface area (Å²) in [6.45, 7) is 6.66. The van der Waals surface area contributed by atoms with E-state index in [-0.39, 0.29) is 6.03 Å². The first-order valence-corrected chi connectivity index (χ1v) is 7.41. The van der Waals surface area contributed by atoms with Gasteiger partial charge in [0.25, 0.3) is 0 Å². The quantitative estimate of drug-likeness (QED) is 0.769. The van der Waals surface area contributed by atoms with Crippen molar-refractivity contribution in [2.24, 2.45) is 5.92 Å². The molecular weight excluding hydrogens is 258 g/mol. The predicted molar refractivity (Wildman–Crippen MR) is 77.7 cm³/mol. The highest BCUT2D eigenvalue weighted by molar-refractivity contribution is 5.76. The summed E-state index contributed by atoms with van der Waals surface area (Å²) in [7, 11) is 2.04. The van der Waals surface area contributed by atoms with Gasteiger partial charge in [0, 0.05) is 32.2 Å². The number of hydrogen-bond donors (Lipinski definition) is 2. The molecule has 0 spiro atoms. The summed E-state index contributed by atoms with van der Waals surface area (Å²) in [6.07, 6.45) is 2.50. The minimum absolute atomic E-state index is 0.145. The third kappa shape index (κ3) is 5.00. The molecule has 0 aliphatic carbocycles. The van der Waals surface area contributed by atoms with Gasteiger partial charge in [0.2, 0.25) is 0 Å². The van der Waals surface area contributed by atoms with Crippen molar-refractivity contribution < 1.29 is 14.7 Å². The zero-order valence-electron chi connectivity index (χ0n) is 12.8. The molecule has 0 bridgehead atoms. The molecule has 20 heavy (non-hydrogen) atoms. The van der Waals surface area contributed by atoms with Gasteiger partial charge in [0.05, 0.1) is 5.92 Å². The van der Waals surface area contributed by atoms with Gasteiger partial charge >= 0.3 is 12.0 Å². The minimum Gasteiger partial charge on any atom is -0.481 e. The molecule has 1 saturated heterocycles. The highest BCUT2D eigenvalue weighted by atomic mass is 16.4. The molecule has 0 aromatic carbocycles. The lowest BCUT2D eigenvalue weighted by atomic mass is 9.99. The molecule has 6 nitrogen and oxygen atoms in total. The fourth-order valence-electron chi connectivity index (χ4n) is 2.35. The standard InChI is InChI=1S/C14H27N3O3/c1-4-11(2)16(3)9-7-15-14(20)17-8-5-6-12(10-17)13(18)19/h11-12H,4-10H2,1-3H3,(H,15,20)(H,18,19). The molecule has 1 fully saturated rings. The van der Waals surface area contributed by atoms with Gasteiger partial charge in [-0.1, -0.05) is 6.92 Å². The van der Waals surface area contributed by atoms with E-state index in [1.54, 1.807) is 4.90 Å². The number of aliphatic carboxylic acids is 1. The predicted octanol–water partition coefficient (Wildman–Crippen LogP) is 1.22. The van der Waals surface area contributed by atoms with Crippen LogP contribution >= 0.6 is 0 Å². The third-order valence-corrected chi connectivity index (χ3v) is 4.14. The molecule has 2 unspecified atom stereocenters. The average molecular weight is 285 g/mol. The van der Waals surface area contributed by atoms with Crippen molar-refractivity contribution in [3.05, 3.63) is 0 Å². The molecule has 1 heterocycles. The fourth-order valence-corrected chi connectivity index (χ4v) is 2.35. The number of carbonyl (C=O) groups excluding carboxylic acids is 1. The smallest absolute Gasteiger partial charge is 0.317 e. The van der Waals surface area contributed by atoms with Crippen LogP contribution in [0.3, 0.4) is 0 Å². The largest absolute Gasteiger partial charge is 0.481 e. The number of likely N-dealkylation sites (tertiary alicyclic amines) is 1. The van der Waals surface area contributed by atoms with Gasteiger partial charge < -0.3 is 20.2 Å². The molecule has 0 radical (unpaired) electrons. The maximum atomic E-state index is 12.0. The summed E-state index contributed by atoms with van der Waals surface area (Å²) >= 11 is 0. The number of likely N-dealkylation sites (N-methyl/N-ethyl adjacent to an activating group) is 1. The normalized spacial score (nSPS) is 20.8. The number of nitrogens with zero attached hydrogens (tertiary/aromatic N) is 2. The number of carboxylic acids is 1. The first-order valence-electron chi connectivity index (χ1n) is 7.41. The number of nitrogens with one attached hydrogen (secondary N) is 1. The highest BCUT2D eigenvalue weighted by Crippen LogP contribution is 2.16. The Morgan fingerprint density at radius 2 is 2.20 bits per heavy atom. The van der Waals surface area contributed by atoms with Crippen molar-refractivity contribution in [3.8, 4) is 0 Å². The maximum absolute atomic E-state index is 12.0. The number of amides is 2. The van der Waals surface area contributed by atoms with E-state index in [4.69, 9.17) is 5.11 Å². The van der Waals surface area contributed by atoms with Crippen LogP contribution < -0.4 is 5.32 Å². The lowest BCUT2D eigenvalue weighted by Gasteiger charge is -2.31. The van der Waals surface area contributed by atoms with Crippen molar-refractivity contribution in [2.75, 3.05) is 33.2 Å². The molecule has 0 saturated carbocycles.